The van der Waals surface area contributed by atoms with E-state index in [1.807, 2.05) is 0 Å². The van der Waals surface area contributed by atoms with Crippen LogP contribution < -0.4 is 9.47 Å². The molecule has 1 aromatic carbocycles. The number of carbonyl (C=O) groups is 2. The van der Waals surface area contributed by atoms with Crippen molar-refractivity contribution in [3.05, 3.63) is 23.8 Å². The molecule has 104 valence electrons. The summed E-state index contributed by atoms with van der Waals surface area (Å²) in [6.07, 6.45) is 0.652. The average Bonchev–Trinajstić information content (AvgIpc) is 2.38. The molecule has 1 aromatic rings. The molecule has 0 fully saturated rings. The predicted octanol–water partition coefficient (Wildman–Crippen LogP) is 2.23. The first-order valence-corrected chi connectivity index (χ1v) is 5.94. The number of hydrogen-bond donors (Lipinski definition) is 0. The van der Waals surface area contributed by atoms with Gasteiger partial charge in [0.1, 0.15) is 0 Å². The van der Waals surface area contributed by atoms with Crippen molar-refractivity contribution in [3.63, 3.8) is 0 Å². The number of aldehydes is 1. The normalized spacial score (nSPS) is 10.7. The molecule has 5 heteroatoms. The highest BCUT2D eigenvalue weighted by molar-refractivity contribution is 5.83. The van der Waals surface area contributed by atoms with E-state index in [-0.39, 0.29) is 12.4 Å². The maximum atomic E-state index is 11.8. The number of hydrogen-bond acceptors (Lipinski definition) is 5. The van der Waals surface area contributed by atoms with E-state index >= 15 is 0 Å². The molecule has 0 aliphatic heterocycles. The molecule has 0 saturated heterocycles. The summed E-state index contributed by atoms with van der Waals surface area (Å²) in [7, 11) is 1.47. The Morgan fingerprint density at radius 3 is 2.58 bits per heavy atom. The lowest BCUT2D eigenvalue weighted by Gasteiger charge is -2.25. The van der Waals surface area contributed by atoms with Crippen LogP contribution in [0.25, 0.3) is 0 Å². The minimum Gasteiger partial charge on any atom is -0.493 e. The Labute approximate surface area is 112 Å². The second-order valence-electron chi connectivity index (χ2n) is 4.33. The molecule has 0 bridgehead atoms. The van der Waals surface area contributed by atoms with E-state index in [0.717, 1.165) is 0 Å². The maximum Gasteiger partial charge on any atom is 0.349 e. The van der Waals surface area contributed by atoms with Gasteiger partial charge in [-0.05, 0) is 32.9 Å². The molecule has 0 aromatic heterocycles. The van der Waals surface area contributed by atoms with E-state index in [9.17, 15) is 9.59 Å². The van der Waals surface area contributed by atoms with Crippen LogP contribution in [-0.2, 0) is 9.53 Å². The first kappa shape index (κ1) is 15.0. The molecule has 0 spiro atoms. The Kier molecular flexibility index (Phi) is 4.92. The van der Waals surface area contributed by atoms with E-state index in [0.29, 0.717) is 17.6 Å². The van der Waals surface area contributed by atoms with Gasteiger partial charge in [0.25, 0.3) is 0 Å². The van der Waals surface area contributed by atoms with Crippen LogP contribution in [0.3, 0.4) is 0 Å². The quantitative estimate of drug-likeness (QED) is 0.583. The van der Waals surface area contributed by atoms with E-state index in [1.165, 1.54) is 7.11 Å². The van der Waals surface area contributed by atoms with Gasteiger partial charge in [-0.15, -0.1) is 0 Å². The Morgan fingerprint density at radius 2 is 2.05 bits per heavy atom. The van der Waals surface area contributed by atoms with Crippen molar-refractivity contribution in [2.24, 2.45) is 0 Å². The Bertz CT molecular complexity index is 465. The van der Waals surface area contributed by atoms with Gasteiger partial charge in [0.05, 0.1) is 19.3 Å². The van der Waals surface area contributed by atoms with Gasteiger partial charge in [-0.25, -0.2) is 4.79 Å². The first-order chi connectivity index (χ1) is 8.96. The number of methoxy groups -OCH3 is 1. The van der Waals surface area contributed by atoms with Gasteiger partial charge in [0.15, 0.2) is 23.4 Å². The zero-order valence-corrected chi connectivity index (χ0v) is 11.6. The Balaban J connectivity index is 3.10. The van der Waals surface area contributed by atoms with E-state index < -0.39 is 11.6 Å². The lowest BCUT2D eigenvalue weighted by Crippen LogP contribution is -2.40. The Morgan fingerprint density at radius 1 is 1.37 bits per heavy atom. The fourth-order valence-electron chi connectivity index (χ4n) is 1.50. The summed E-state index contributed by atoms with van der Waals surface area (Å²) in [4.78, 5) is 22.8. The summed E-state index contributed by atoms with van der Waals surface area (Å²) in [5, 5.41) is 0. The molecule has 0 radical (unpaired) electrons. The van der Waals surface area contributed by atoms with Crippen molar-refractivity contribution in [2.75, 3.05) is 13.7 Å². The van der Waals surface area contributed by atoms with Gasteiger partial charge in [0, 0.05) is 0 Å². The molecule has 0 aliphatic carbocycles. The number of para-hydroxylation sites is 1. The number of esters is 1. The maximum absolute atomic E-state index is 11.8. The fourth-order valence-corrected chi connectivity index (χ4v) is 1.50. The lowest BCUT2D eigenvalue weighted by atomic mass is 10.1. The van der Waals surface area contributed by atoms with E-state index in [1.54, 1.807) is 39.0 Å². The third-order valence-corrected chi connectivity index (χ3v) is 2.48. The van der Waals surface area contributed by atoms with Gasteiger partial charge in [0.2, 0.25) is 0 Å². The van der Waals surface area contributed by atoms with Crippen LogP contribution in [0, 0.1) is 0 Å². The molecule has 0 unspecified atom stereocenters. The first-order valence-electron chi connectivity index (χ1n) is 5.94. The fraction of sp³-hybridized carbons (Fsp3) is 0.429. The van der Waals surface area contributed by atoms with Crippen molar-refractivity contribution >= 4 is 12.3 Å². The monoisotopic (exact) mass is 266 g/mol. The minimum atomic E-state index is -1.21. The summed E-state index contributed by atoms with van der Waals surface area (Å²) in [5.41, 5.74) is -0.890. The molecule has 5 nitrogen and oxygen atoms in total. The number of ether oxygens (including phenoxy) is 3. The van der Waals surface area contributed by atoms with Gasteiger partial charge >= 0.3 is 5.97 Å². The molecule has 1 rings (SSSR count). The summed E-state index contributed by atoms with van der Waals surface area (Å²) in [6.45, 7) is 5.13. The largest absolute Gasteiger partial charge is 0.493 e. The number of benzene rings is 1. The van der Waals surface area contributed by atoms with Gasteiger partial charge in [-0.3, -0.25) is 4.79 Å². The SMILES string of the molecule is CCOC(=O)C(C)(C)Oc1c(C=O)cccc1OC. The minimum absolute atomic E-state index is 0.234. The smallest absolute Gasteiger partial charge is 0.349 e. The molecule has 0 N–H and O–H groups in total. The van der Waals surface area contributed by atoms with Crippen molar-refractivity contribution in [2.45, 2.75) is 26.4 Å². The molecule has 0 heterocycles. The van der Waals surface area contributed by atoms with E-state index in [2.05, 4.69) is 0 Å². The van der Waals surface area contributed by atoms with Gasteiger partial charge in [-0.2, -0.15) is 0 Å². The van der Waals surface area contributed by atoms with Crippen LogP contribution in [0.4, 0.5) is 0 Å². The average molecular weight is 266 g/mol. The predicted molar refractivity (Wildman–Crippen MR) is 69.7 cm³/mol. The standard InChI is InChI=1S/C14H18O5/c1-5-18-13(16)14(2,3)19-12-10(9-15)7-6-8-11(12)17-4/h6-9H,5H2,1-4H3. The summed E-state index contributed by atoms with van der Waals surface area (Å²) >= 11 is 0. The topological polar surface area (TPSA) is 61.8 Å². The summed E-state index contributed by atoms with van der Waals surface area (Å²) in [5.74, 6) is 0.123. The van der Waals surface area contributed by atoms with Crippen LogP contribution in [0.2, 0.25) is 0 Å². The molecule has 0 amide bonds. The van der Waals surface area contributed by atoms with E-state index in [4.69, 9.17) is 14.2 Å². The van der Waals surface area contributed by atoms with Gasteiger partial charge < -0.3 is 14.2 Å². The second-order valence-corrected chi connectivity index (χ2v) is 4.33. The van der Waals surface area contributed by atoms with Crippen LogP contribution in [0.5, 0.6) is 11.5 Å². The Hall–Kier alpha value is -2.04. The van der Waals surface area contributed by atoms with Crippen LogP contribution >= 0.6 is 0 Å². The molecule has 0 aliphatic rings. The molecule has 0 atom stereocenters. The molecule has 19 heavy (non-hydrogen) atoms. The zero-order chi connectivity index (χ0) is 14.5. The number of carbonyl (C=O) groups excluding carboxylic acids is 2. The highest BCUT2D eigenvalue weighted by atomic mass is 16.6. The van der Waals surface area contributed by atoms with Gasteiger partial charge in [-0.1, -0.05) is 6.07 Å². The van der Waals surface area contributed by atoms with Crippen molar-refractivity contribution in [3.8, 4) is 11.5 Å². The third kappa shape index (κ3) is 3.47. The van der Waals surface area contributed by atoms with Crippen LogP contribution in [0.15, 0.2) is 18.2 Å². The van der Waals surface area contributed by atoms with Crippen molar-refractivity contribution < 1.29 is 23.8 Å². The van der Waals surface area contributed by atoms with Crippen LogP contribution in [-0.4, -0.2) is 31.6 Å². The molecular formula is C14H18O5. The zero-order valence-electron chi connectivity index (χ0n) is 11.6. The highest BCUT2D eigenvalue weighted by Crippen LogP contribution is 2.33. The van der Waals surface area contributed by atoms with Crippen molar-refractivity contribution in [1.82, 2.24) is 0 Å². The lowest BCUT2D eigenvalue weighted by molar-refractivity contribution is -0.158. The summed E-state index contributed by atoms with van der Waals surface area (Å²) < 4.78 is 15.7. The van der Waals surface area contributed by atoms with Crippen molar-refractivity contribution in [1.29, 1.82) is 0 Å². The molecule has 0 saturated carbocycles. The highest BCUT2D eigenvalue weighted by Gasteiger charge is 2.33. The number of rotatable bonds is 6. The molecular weight excluding hydrogens is 248 g/mol. The third-order valence-electron chi connectivity index (χ3n) is 2.48. The van der Waals surface area contributed by atoms with Crippen LogP contribution in [0.1, 0.15) is 31.1 Å². The second kappa shape index (κ2) is 6.22. The summed E-state index contributed by atoms with van der Waals surface area (Å²) in [6, 6.07) is 4.92.